The molecule has 1 heterocycles. The van der Waals surface area contributed by atoms with Crippen LogP contribution < -0.4 is 0 Å². The molecular formula is C34H14F26N2. The van der Waals surface area contributed by atoms with E-state index in [-0.39, 0.29) is 17.7 Å². The first-order chi connectivity index (χ1) is 27.6. The zero-order valence-corrected chi connectivity index (χ0v) is 28.8. The highest BCUT2D eigenvalue weighted by molar-refractivity contribution is 5.79. The van der Waals surface area contributed by atoms with Gasteiger partial charge in [0.05, 0.1) is 17.6 Å². The summed E-state index contributed by atoms with van der Waals surface area (Å²) in [6.07, 6.45) is -16.2. The van der Waals surface area contributed by atoms with Crippen molar-refractivity contribution in [3.8, 4) is 33.6 Å². The maximum Gasteiger partial charge on any atom is 0.460 e. The third-order valence-electron chi connectivity index (χ3n) is 8.75. The molecule has 342 valence electrons. The Kier molecular flexibility index (Phi) is 11.8. The van der Waals surface area contributed by atoms with Gasteiger partial charge in [-0.25, -0.2) is 4.98 Å². The molecule has 0 saturated heterocycles. The lowest BCUT2D eigenvalue weighted by Gasteiger charge is -2.39. The lowest BCUT2D eigenvalue weighted by atomic mass is 9.90. The van der Waals surface area contributed by atoms with Crippen LogP contribution in [0.4, 0.5) is 114 Å². The number of hydrogen-bond acceptors (Lipinski definition) is 2. The van der Waals surface area contributed by atoms with Gasteiger partial charge in [0, 0.05) is 16.7 Å². The molecule has 0 atom stereocenters. The van der Waals surface area contributed by atoms with E-state index in [2.05, 4.69) is 9.97 Å². The molecule has 0 amide bonds. The summed E-state index contributed by atoms with van der Waals surface area (Å²) in [4.78, 5) is 5.98. The first-order valence-electron chi connectivity index (χ1n) is 15.7. The molecule has 0 aliphatic carbocycles. The molecule has 0 aliphatic rings. The molecule has 0 spiro atoms. The molecule has 0 saturated carbocycles. The van der Waals surface area contributed by atoms with E-state index in [4.69, 9.17) is 0 Å². The maximum absolute atomic E-state index is 15.2. The van der Waals surface area contributed by atoms with E-state index in [0.29, 0.717) is 5.56 Å². The first kappa shape index (κ1) is 49.6. The number of aromatic nitrogens is 2. The van der Waals surface area contributed by atoms with Crippen molar-refractivity contribution in [2.75, 3.05) is 0 Å². The van der Waals surface area contributed by atoms with Gasteiger partial charge >= 0.3 is 71.6 Å². The standard InChI is InChI=1S/C34H14F26N2/c35-23(36,25(39,40)27(43,44)29(47,48)31(51,52)33(55,56)57)19-12-10-17(11-13-19)21-22(18-8-6-16(7-9-18)15-4-2-1-3-5-15)62-20(14-61-21)24(37,38)26(41,42)28(45,46)30(49,50)32(53,54)34(58,59)60/h1-14H. The Morgan fingerprint density at radius 1 is 0.290 bits per heavy atom. The van der Waals surface area contributed by atoms with Crippen LogP contribution in [-0.4, -0.2) is 69.7 Å². The van der Waals surface area contributed by atoms with Crippen molar-refractivity contribution in [1.82, 2.24) is 9.97 Å². The van der Waals surface area contributed by atoms with E-state index in [9.17, 15) is 105 Å². The molecule has 0 fully saturated rings. The van der Waals surface area contributed by atoms with Crippen LogP contribution in [0.5, 0.6) is 0 Å². The van der Waals surface area contributed by atoms with Gasteiger partial charge in [0.1, 0.15) is 5.69 Å². The zero-order chi connectivity index (χ0) is 47.9. The van der Waals surface area contributed by atoms with E-state index in [1.807, 2.05) is 0 Å². The SMILES string of the molecule is FC(F)(F)C(F)(F)C(F)(F)C(F)(F)C(F)(F)C(F)(F)c1ccc(-c2ncc(C(F)(F)C(F)(F)C(F)(F)C(F)(F)C(F)(F)C(F)(F)F)nc2-c2ccc(-c3ccccc3)cc2)cc1. The van der Waals surface area contributed by atoms with Crippen LogP contribution >= 0.6 is 0 Å². The maximum atomic E-state index is 15.2. The zero-order valence-electron chi connectivity index (χ0n) is 28.8. The summed E-state index contributed by atoms with van der Waals surface area (Å²) in [6, 6.07) is 10.1. The van der Waals surface area contributed by atoms with E-state index in [1.54, 1.807) is 0 Å². The fourth-order valence-corrected chi connectivity index (χ4v) is 5.12. The molecule has 2 nitrogen and oxygen atoms in total. The number of nitrogens with zero attached hydrogens (tertiary/aromatic N) is 2. The number of benzene rings is 3. The fraction of sp³-hybridized carbons (Fsp3) is 0.353. The van der Waals surface area contributed by atoms with Crippen LogP contribution in [0, 0.1) is 0 Å². The quantitative estimate of drug-likeness (QED) is 0.125. The van der Waals surface area contributed by atoms with Crippen molar-refractivity contribution in [2.45, 2.75) is 71.6 Å². The topological polar surface area (TPSA) is 25.8 Å². The molecule has 0 bridgehead atoms. The second-order valence-electron chi connectivity index (χ2n) is 12.7. The smallest absolute Gasteiger partial charge is 0.252 e. The highest BCUT2D eigenvalue weighted by Crippen LogP contribution is 2.64. The van der Waals surface area contributed by atoms with E-state index in [1.165, 1.54) is 30.3 Å². The van der Waals surface area contributed by atoms with Gasteiger partial charge in [0.15, 0.2) is 0 Å². The van der Waals surface area contributed by atoms with Gasteiger partial charge in [0.2, 0.25) is 0 Å². The van der Waals surface area contributed by atoms with Crippen molar-refractivity contribution < 1.29 is 114 Å². The molecule has 3 aromatic carbocycles. The summed E-state index contributed by atoms with van der Waals surface area (Å²) in [7, 11) is 0. The van der Waals surface area contributed by atoms with Gasteiger partial charge in [0.25, 0.3) is 0 Å². The minimum absolute atomic E-state index is 0.0217. The number of hydrogen-bond donors (Lipinski definition) is 0. The predicted molar refractivity (Wildman–Crippen MR) is 158 cm³/mol. The monoisotopic (exact) mass is 944 g/mol. The minimum atomic E-state index is -8.34. The van der Waals surface area contributed by atoms with Crippen molar-refractivity contribution >= 4 is 0 Å². The summed E-state index contributed by atoms with van der Waals surface area (Å²) < 4.78 is 359. The van der Waals surface area contributed by atoms with E-state index >= 15 is 8.78 Å². The summed E-state index contributed by atoms with van der Waals surface area (Å²) in [5, 5.41) is 0. The fourth-order valence-electron chi connectivity index (χ4n) is 5.12. The number of alkyl halides is 26. The molecule has 0 radical (unpaired) electrons. The van der Waals surface area contributed by atoms with Gasteiger partial charge in [-0.1, -0.05) is 78.9 Å². The predicted octanol–water partition coefficient (Wildman–Crippen LogP) is 13.9. The largest absolute Gasteiger partial charge is 0.460 e. The Hall–Kier alpha value is -5.08. The van der Waals surface area contributed by atoms with Crippen molar-refractivity contribution in [3.05, 3.63) is 96.3 Å². The number of rotatable bonds is 13. The highest BCUT2D eigenvalue weighted by atomic mass is 19.4. The Morgan fingerprint density at radius 2 is 0.613 bits per heavy atom. The molecule has 4 aromatic rings. The van der Waals surface area contributed by atoms with Crippen LogP contribution in [-0.2, 0) is 11.8 Å². The molecular weight excluding hydrogens is 930 g/mol. The third kappa shape index (κ3) is 7.10. The minimum Gasteiger partial charge on any atom is -0.252 e. The summed E-state index contributed by atoms with van der Waals surface area (Å²) >= 11 is 0. The average Bonchev–Trinajstić information content (AvgIpc) is 3.16. The van der Waals surface area contributed by atoms with Gasteiger partial charge in [-0.05, 0) is 11.1 Å². The lowest BCUT2D eigenvalue weighted by Crippen LogP contribution is -2.69. The molecule has 0 N–H and O–H groups in total. The molecule has 0 aliphatic heterocycles. The van der Waals surface area contributed by atoms with Crippen molar-refractivity contribution in [1.29, 1.82) is 0 Å². The van der Waals surface area contributed by atoms with Gasteiger partial charge < -0.3 is 0 Å². The van der Waals surface area contributed by atoms with Crippen LogP contribution in [0.1, 0.15) is 11.3 Å². The molecule has 4 rings (SSSR count). The Bertz CT molecular complexity index is 2230. The average molecular weight is 944 g/mol. The summed E-state index contributed by atoms with van der Waals surface area (Å²) in [5.41, 5.74) is -9.27. The molecule has 62 heavy (non-hydrogen) atoms. The Labute approximate surface area is 326 Å². The van der Waals surface area contributed by atoms with Crippen LogP contribution in [0.3, 0.4) is 0 Å². The van der Waals surface area contributed by atoms with Gasteiger partial charge in [-0.2, -0.15) is 114 Å². The van der Waals surface area contributed by atoms with E-state index < -0.39 is 124 Å². The summed E-state index contributed by atoms with van der Waals surface area (Å²) in [6.45, 7) is 0. The van der Waals surface area contributed by atoms with Crippen LogP contribution in [0.15, 0.2) is 85.1 Å². The second-order valence-corrected chi connectivity index (χ2v) is 12.7. The van der Waals surface area contributed by atoms with Crippen LogP contribution in [0.2, 0.25) is 0 Å². The summed E-state index contributed by atoms with van der Waals surface area (Å²) in [5.74, 6) is -79.0. The van der Waals surface area contributed by atoms with Gasteiger partial charge in [-0.15, -0.1) is 0 Å². The third-order valence-corrected chi connectivity index (χ3v) is 8.75. The Balaban J connectivity index is 1.90. The number of halogens is 26. The van der Waals surface area contributed by atoms with E-state index in [0.717, 1.165) is 24.3 Å². The first-order valence-corrected chi connectivity index (χ1v) is 15.7. The second kappa shape index (κ2) is 14.8. The highest BCUT2D eigenvalue weighted by Gasteiger charge is 2.92. The molecule has 28 heteroatoms. The molecule has 1 aromatic heterocycles. The Morgan fingerprint density at radius 3 is 1.02 bits per heavy atom. The van der Waals surface area contributed by atoms with Crippen molar-refractivity contribution in [2.24, 2.45) is 0 Å². The van der Waals surface area contributed by atoms with Gasteiger partial charge in [-0.3, -0.25) is 4.98 Å². The van der Waals surface area contributed by atoms with Crippen LogP contribution in [0.25, 0.3) is 33.6 Å². The molecule has 0 unspecified atom stereocenters. The van der Waals surface area contributed by atoms with Crippen molar-refractivity contribution in [3.63, 3.8) is 0 Å². The lowest BCUT2D eigenvalue weighted by molar-refractivity contribution is -0.442. The normalized spacial score (nSPS) is 14.9.